The topological polar surface area (TPSA) is 55.3 Å². The van der Waals surface area contributed by atoms with Gasteiger partial charge < -0.3 is 9.64 Å². The highest BCUT2D eigenvalue weighted by Crippen LogP contribution is 2.37. The van der Waals surface area contributed by atoms with Crippen LogP contribution in [0.1, 0.15) is 23.2 Å². The summed E-state index contributed by atoms with van der Waals surface area (Å²) in [6, 6.07) is 0. The van der Waals surface area contributed by atoms with Crippen molar-refractivity contribution in [1.82, 2.24) is 14.9 Å². The predicted octanol–water partition coefficient (Wildman–Crippen LogP) is 3.17. The van der Waals surface area contributed by atoms with E-state index in [0.29, 0.717) is 30.7 Å². The highest BCUT2D eigenvalue weighted by molar-refractivity contribution is 7.19. The minimum atomic E-state index is -0.260. The summed E-state index contributed by atoms with van der Waals surface area (Å²) in [4.78, 5) is 24.2. The molecular formula is C13H14ClN3O2S. The van der Waals surface area contributed by atoms with Gasteiger partial charge in [0.2, 0.25) is 0 Å². The van der Waals surface area contributed by atoms with E-state index in [-0.39, 0.29) is 6.09 Å². The first kappa shape index (κ1) is 13.6. The maximum atomic E-state index is 11.8. The summed E-state index contributed by atoms with van der Waals surface area (Å²) >= 11 is 7.82. The SMILES string of the molecule is CCOC(=O)N1CCc2c(sc3nc(C)nc(Cl)c23)C1. The van der Waals surface area contributed by atoms with Gasteiger partial charge in [-0.25, -0.2) is 14.8 Å². The van der Waals surface area contributed by atoms with Crippen molar-refractivity contribution in [3.05, 3.63) is 21.4 Å². The zero-order chi connectivity index (χ0) is 14.3. The standard InChI is InChI=1S/C13H14ClN3O2S/c1-3-19-13(18)17-5-4-8-9(6-17)20-12-10(8)11(14)15-7(2)16-12/h3-6H2,1-2H3. The van der Waals surface area contributed by atoms with E-state index in [2.05, 4.69) is 9.97 Å². The zero-order valence-corrected chi connectivity index (χ0v) is 12.8. The van der Waals surface area contributed by atoms with Crippen LogP contribution in [0.4, 0.5) is 4.79 Å². The lowest BCUT2D eigenvalue weighted by molar-refractivity contribution is 0.103. The van der Waals surface area contributed by atoms with Crippen molar-refractivity contribution in [1.29, 1.82) is 0 Å². The lowest BCUT2D eigenvalue weighted by Crippen LogP contribution is -2.35. The van der Waals surface area contributed by atoms with Gasteiger partial charge in [0.15, 0.2) is 0 Å². The third kappa shape index (κ3) is 2.23. The number of fused-ring (bicyclic) bond motifs is 3. The molecule has 0 bridgehead atoms. The van der Waals surface area contributed by atoms with Gasteiger partial charge in [-0.1, -0.05) is 11.6 Å². The van der Waals surface area contributed by atoms with Crippen LogP contribution in [-0.2, 0) is 17.7 Å². The molecule has 0 saturated heterocycles. The fourth-order valence-electron chi connectivity index (χ4n) is 2.42. The van der Waals surface area contributed by atoms with Gasteiger partial charge in [-0.15, -0.1) is 11.3 Å². The lowest BCUT2D eigenvalue weighted by atomic mass is 10.1. The monoisotopic (exact) mass is 311 g/mol. The van der Waals surface area contributed by atoms with Crippen LogP contribution >= 0.6 is 22.9 Å². The third-order valence-electron chi connectivity index (χ3n) is 3.29. The minimum absolute atomic E-state index is 0.260. The van der Waals surface area contributed by atoms with E-state index in [4.69, 9.17) is 16.3 Å². The van der Waals surface area contributed by atoms with Crippen LogP contribution in [0.15, 0.2) is 0 Å². The van der Waals surface area contributed by atoms with E-state index >= 15 is 0 Å². The Hall–Kier alpha value is -1.40. The molecule has 2 aromatic heterocycles. The number of carbonyl (C=O) groups is 1. The van der Waals surface area contributed by atoms with Gasteiger partial charge in [0.25, 0.3) is 0 Å². The Morgan fingerprint density at radius 1 is 1.50 bits per heavy atom. The molecule has 0 saturated carbocycles. The molecule has 0 N–H and O–H groups in total. The molecule has 106 valence electrons. The Morgan fingerprint density at radius 3 is 3.05 bits per heavy atom. The summed E-state index contributed by atoms with van der Waals surface area (Å²) in [6.07, 6.45) is 0.504. The van der Waals surface area contributed by atoms with Crippen LogP contribution in [0.5, 0.6) is 0 Å². The molecule has 1 amide bonds. The van der Waals surface area contributed by atoms with E-state index in [1.165, 1.54) is 5.56 Å². The Balaban J connectivity index is 1.99. The Kier molecular flexibility index (Phi) is 3.52. The largest absolute Gasteiger partial charge is 0.450 e. The average molecular weight is 312 g/mol. The highest BCUT2D eigenvalue weighted by Gasteiger charge is 2.26. The first-order chi connectivity index (χ1) is 9.60. The molecule has 2 aromatic rings. The average Bonchev–Trinajstić information content (AvgIpc) is 2.75. The summed E-state index contributed by atoms with van der Waals surface area (Å²) in [5.41, 5.74) is 1.18. The fourth-order valence-corrected chi connectivity index (χ4v) is 4.08. The van der Waals surface area contributed by atoms with Crippen LogP contribution < -0.4 is 0 Å². The maximum absolute atomic E-state index is 11.8. The van der Waals surface area contributed by atoms with E-state index in [0.717, 1.165) is 21.5 Å². The second-order valence-corrected chi connectivity index (χ2v) is 6.06. The number of hydrogen-bond donors (Lipinski definition) is 0. The molecule has 0 spiro atoms. The van der Waals surface area contributed by atoms with Crippen LogP contribution in [0.2, 0.25) is 5.15 Å². The maximum Gasteiger partial charge on any atom is 0.410 e. The smallest absolute Gasteiger partial charge is 0.410 e. The molecule has 5 nitrogen and oxygen atoms in total. The molecule has 0 radical (unpaired) electrons. The Bertz CT molecular complexity index is 686. The first-order valence-electron chi connectivity index (χ1n) is 6.46. The molecule has 0 aromatic carbocycles. The van der Waals surface area contributed by atoms with Crippen LogP contribution in [0, 0.1) is 6.92 Å². The van der Waals surface area contributed by atoms with E-state index < -0.39 is 0 Å². The van der Waals surface area contributed by atoms with Crippen LogP contribution in [-0.4, -0.2) is 34.1 Å². The molecule has 1 aliphatic heterocycles. The first-order valence-corrected chi connectivity index (χ1v) is 7.65. The molecule has 7 heteroatoms. The van der Waals surface area contributed by atoms with Gasteiger partial charge in [0.05, 0.1) is 18.5 Å². The molecule has 0 atom stereocenters. The van der Waals surface area contributed by atoms with Gasteiger partial charge >= 0.3 is 6.09 Å². The van der Waals surface area contributed by atoms with Crippen molar-refractivity contribution < 1.29 is 9.53 Å². The third-order valence-corrected chi connectivity index (χ3v) is 4.68. The molecule has 20 heavy (non-hydrogen) atoms. The summed E-state index contributed by atoms with van der Waals surface area (Å²) in [5.74, 6) is 0.670. The number of aryl methyl sites for hydroxylation is 1. The minimum Gasteiger partial charge on any atom is -0.450 e. The molecular weight excluding hydrogens is 298 g/mol. The van der Waals surface area contributed by atoms with Gasteiger partial charge in [0.1, 0.15) is 15.8 Å². The number of halogens is 1. The Labute approximate surface area is 125 Å². The number of aromatic nitrogens is 2. The molecule has 3 heterocycles. The predicted molar refractivity (Wildman–Crippen MR) is 78.3 cm³/mol. The summed E-state index contributed by atoms with van der Waals surface area (Å²) in [6.45, 7) is 5.23. The van der Waals surface area contributed by atoms with Gasteiger partial charge in [0, 0.05) is 11.4 Å². The fraction of sp³-hybridized carbons (Fsp3) is 0.462. The normalized spacial score (nSPS) is 14.4. The molecule has 0 unspecified atom stereocenters. The Morgan fingerprint density at radius 2 is 2.30 bits per heavy atom. The second-order valence-electron chi connectivity index (χ2n) is 4.62. The molecule has 0 fully saturated rings. The van der Waals surface area contributed by atoms with Gasteiger partial charge in [-0.3, -0.25) is 0 Å². The second kappa shape index (κ2) is 5.18. The van der Waals surface area contributed by atoms with Gasteiger partial charge in [-0.05, 0) is 25.8 Å². The quantitative estimate of drug-likeness (QED) is 0.759. The van der Waals surface area contributed by atoms with Crippen molar-refractivity contribution in [2.24, 2.45) is 0 Å². The summed E-state index contributed by atoms with van der Waals surface area (Å²) in [5, 5.41) is 1.45. The van der Waals surface area contributed by atoms with E-state index in [1.54, 1.807) is 16.2 Å². The number of hydrogen-bond acceptors (Lipinski definition) is 5. The van der Waals surface area contributed by atoms with Crippen molar-refractivity contribution in [3.8, 4) is 0 Å². The number of amides is 1. The highest BCUT2D eigenvalue weighted by atomic mass is 35.5. The number of ether oxygens (including phenoxy) is 1. The number of thiophene rings is 1. The number of carbonyl (C=O) groups excluding carboxylic acids is 1. The van der Waals surface area contributed by atoms with Crippen molar-refractivity contribution in [3.63, 3.8) is 0 Å². The van der Waals surface area contributed by atoms with E-state index in [9.17, 15) is 4.79 Å². The van der Waals surface area contributed by atoms with Crippen molar-refractivity contribution in [2.45, 2.75) is 26.8 Å². The van der Waals surface area contributed by atoms with E-state index in [1.807, 2.05) is 13.8 Å². The molecule has 3 rings (SSSR count). The molecule has 0 aliphatic carbocycles. The summed E-state index contributed by atoms with van der Waals surface area (Å²) in [7, 11) is 0. The number of nitrogens with zero attached hydrogens (tertiary/aromatic N) is 3. The summed E-state index contributed by atoms with van der Waals surface area (Å²) < 4.78 is 5.05. The van der Waals surface area contributed by atoms with Crippen molar-refractivity contribution in [2.75, 3.05) is 13.2 Å². The van der Waals surface area contributed by atoms with Crippen LogP contribution in [0.25, 0.3) is 10.2 Å². The van der Waals surface area contributed by atoms with Crippen LogP contribution in [0.3, 0.4) is 0 Å². The lowest BCUT2D eigenvalue weighted by Gasteiger charge is -2.26. The van der Waals surface area contributed by atoms with Crippen molar-refractivity contribution >= 4 is 39.2 Å². The number of rotatable bonds is 1. The molecule has 1 aliphatic rings. The zero-order valence-electron chi connectivity index (χ0n) is 11.3. The van der Waals surface area contributed by atoms with Gasteiger partial charge in [-0.2, -0.15) is 0 Å².